The van der Waals surface area contributed by atoms with Crippen molar-refractivity contribution in [3.63, 3.8) is 0 Å². The number of benzene rings is 1. The van der Waals surface area contributed by atoms with Crippen molar-refractivity contribution in [2.75, 3.05) is 24.5 Å². The summed E-state index contributed by atoms with van der Waals surface area (Å²) in [5.41, 5.74) is 2.93. The fraction of sp³-hybridized carbons (Fsp3) is 0.450. The molecule has 1 aliphatic heterocycles. The number of hydrogen-bond donors (Lipinski definition) is 2. The second kappa shape index (κ2) is 10.9. The molecular formula is C20H28IN7. The number of guanidine groups is 1. The van der Waals surface area contributed by atoms with Crippen LogP contribution in [0.15, 0.2) is 41.7 Å². The molecule has 0 bridgehead atoms. The van der Waals surface area contributed by atoms with E-state index in [1.807, 2.05) is 42.2 Å². The van der Waals surface area contributed by atoms with Gasteiger partial charge in [-0.05, 0) is 37.5 Å². The van der Waals surface area contributed by atoms with E-state index in [2.05, 4.69) is 39.8 Å². The maximum atomic E-state index is 8.90. The van der Waals surface area contributed by atoms with Crippen molar-refractivity contribution in [3.05, 3.63) is 47.8 Å². The molecule has 2 heterocycles. The van der Waals surface area contributed by atoms with E-state index in [-0.39, 0.29) is 24.0 Å². The van der Waals surface area contributed by atoms with Gasteiger partial charge in [-0.15, -0.1) is 24.0 Å². The van der Waals surface area contributed by atoms with Crippen LogP contribution < -0.4 is 15.5 Å². The van der Waals surface area contributed by atoms with Crippen molar-refractivity contribution >= 4 is 35.6 Å². The fourth-order valence-corrected chi connectivity index (χ4v) is 3.27. The predicted octanol–water partition coefficient (Wildman–Crippen LogP) is 2.63. The molecule has 0 aliphatic carbocycles. The molecule has 0 radical (unpaired) electrons. The number of nitrogens with one attached hydrogen (secondary N) is 2. The number of piperidine rings is 1. The van der Waals surface area contributed by atoms with Crippen LogP contribution in [0.1, 0.15) is 30.9 Å². The molecule has 1 aliphatic rings. The summed E-state index contributed by atoms with van der Waals surface area (Å²) in [6, 6.07) is 10.1. The van der Waals surface area contributed by atoms with Crippen molar-refractivity contribution < 1.29 is 0 Å². The van der Waals surface area contributed by atoms with Gasteiger partial charge >= 0.3 is 0 Å². The zero-order chi connectivity index (χ0) is 19.1. The number of aryl methyl sites for hydroxylation is 1. The summed E-state index contributed by atoms with van der Waals surface area (Å²) in [5.74, 6) is 0.833. The number of rotatable bonds is 5. The summed E-state index contributed by atoms with van der Waals surface area (Å²) in [4.78, 5) is 7.09. The second-order valence-corrected chi connectivity index (χ2v) is 6.81. The molecule has 1 atom stereocenters. The van der Waals surface area contributed by atoms with Crippen molar-refractivity contribution in [1.82, 2.24) is 20.4 Å². The Hall–Kier alpha value is -2.28. The minimum Gasteiger partial charge on any atom is -0.367 e. The molecule has 0 saturated carbocycles. The van der Waals surface area contributed by atoms with Crippen molar-refractivity contribution in [2.45, 2.75) is 32.4 Å². The van der Waals surface area contributed by atoms with Crippen LogP contribution >= 0.6 is 24.0 Å². The Morgan fingerprint density at radius 1 is 1.36 bits per heavy atom. The molecule has 0 spiro atoms. The van der Waals surface area contributed by atoms with Gasteiger partial charge in [-0.1, -0.05) is 12.1 Å². The quantitative estimate of drug-likeness (QED) is 0.381. The lowest BCUT2D eigenvalue weighted by molar-refractivity contribution is 0.468. The van der Waals surface area contributed by atoms with E-state index in [0.29, 0.717) is 18.2 Å². The van der Waals surface area contributed by atoms with Crippen LogP contribution in [0.2, 0.25) is 0 Å². The smallest absolute Gasteiger partial charge is 0.191 e. The van der Waals surface area contributed by atoms with E-state index in [1.165, 1.54) is 5.69 Å². The number of nitriles is 1. The topological polar surface area (TPSA) is 81.3 Å². The SMILES string of the molecule is CCNC(=NCc1ccc(C#N)cc1)NC1CCCN(c2cnn(C)c2)C1.I. The third kappa shape index (κ3) is 6.12. The van der Waals surface area contributed by atoms with Gasteiger partial charge in [-0.3, -0.25) is 4.68 Å². The highest BCUT2D eigenvalue weighted by Crippen LogP contribution is 2.19. The van der Waals surface area contributed by atoms with Crippen LogP contribution in [0, 0.1) is 11.3 Å². The Kier molecular flexibility index (Phi) is 8.57. The Morgan fingerprint density at radius 3 is 2.79 bits per heavy atom. The highest BCUT2D eigenvalue weighted by atomic mass is 127. The lowest BCUT2D eigenvalue weighted by Gasteiger charge is -2.34. The largest absolute Gasteiger partial charge is 0.367 e. The monoisotopic (exact) mass is 493 g/mol. The summed E-state index contributed by atoms with van der Waals surface area (Å²) >= 11 is 0. The molecule has 150 valence electrons. The van der Waals surface area contributed by atoms with Gasteiger partial charge in [0.15, 0.2) is 5.96 Å². The van der Waals surface area contributed by atoms with E-state index in [0.717, 1.165) is 44.0 Å². The fourth-order valence-electron chi connectivity index (χ4n) is 3.27. The number of halogens is 1. The van der Waals surface area contributed by atoms with Crippen molar-refractivity contribution in [3.8, 4) is 6.07 Å². The van der Waals surface area contributed by atoms with Crippen LogP contribution in [-0.2, 0) is 13.6 Å². The average Bonchev–Trinajstić information content (AvgIpc) is 3.13. The van der Waals surface area contributed by atoms with Crippen molar-refractivity contribution in [2.24, 2.45) is 12.0 Å². The number of anilines is 1. The minimum atomic E-state index is 0. The molecule has 8 heteroatoms. The molecule has 1 unspecified atom stereocenters. The van der Waals surface area contributed by atoms with Crippen LogP contribution in [0.25, 0.3) is 0 Å². The normalized spacial score (nSPS) is 16.8. The Balaban J connectivity index is 0.00000280. The van der Waals surface area contributed by atoms with Gasteiger partial charge < -0.3 is 15.5 Å². The Morgan fingerprint density at radius 2 is 2.14 bits per heavy atom. The van der Waals surface area contributed by atoms with Crippen LogP contribution in [0.3, 0.4) is 0 Å². The van der Waals surface area contributed by atoms with Crippen LogP contribution in [0.4, 0.5) is 5.69 Å². The average molecular weight is 493 g/mol. The zero-order valence-corrected chi connectivity index (χ0v) is 18.8. The van der Waals surface area contributed by atoms with E-state index in [9.17, 15) is 0 Å². The summed E-state index contributed by atoms with van der Waals surface area (Å²) in [7, 11) is 1.95. The molecule has 2 aromatic rings. The summed E-state index contributed by atoms with van der Waals surface area (Å²) in [6.07, 6.45) is 6.25. The van der Waals surface area contributed by atoms with Gasteiger partial charge in [-0.2, -0.15) is 10.4 Å². The first-order valence-corrected chi connectivity index (χ1v) is 9.45. The molecule has 3 rings (SSSR count). The van der Waals surface area contributed by atoms with Crippen molar-refractivity contribution in [1.29, 1.82) is 5.26 Å². The standard InChI is InChI=1S/C20H27N7.HI/c1-3-22-20(23-12-17-8-6-16(11-21)7-9-17)25-18-5-4-10-27(14-18)19-13-24-26(2)15-19;/h6-9,13,15,18H,3-5,10,12,14H2,1-2H3,(H2,22,23,25);1H. The van der Waals surface area contributed by atoms with Crippen LogP contribution in [0.5, 0.6) is 0 Å². The summed E-state index contributed by atoms with van der Waals surface area (Å²) in [5, 5.41) is 20.1. The maximum absolute atomic E-state index is 8.90. The molecule has 1 aromatic carbocycles. The lowest BCUT2D eigenvalue weighted by atomic mass is 10.1. The summed E-state index contributed by atoms with van der Waals surface area (Å²) in [6.45, 7) is 5.47. The second-order valence-electron chi connectivity index (χ2n) is 6.81. The number of nitrogens with zero attached hydrogens (tertiary/aromatic N) is 5. The molecular weight excluding hydrogens is 465 g/mol. The summed E-state index contributed by atoms with van der Waals surface area (Å²) < 4.78 is 1.84. The third-order valence-electron chi connectivity index (χ3n) is 4.67. The third-order valence-corrected chi connectivity index (χ3v) is 4.67. The molecule has 1 saturated heterocycles. The van der Waals surface area contributed by atoms with Gasteiger partial charge in [0.25, 0.3) is 0 Å². The Bertz CT molecular complexity index is 807. The lowest BCUT2D eigenvalue weighted by Crippen LogP contribution is -2.51. The minimum absolute atomic E-state index is 0. The van der Waals surface area contributed by atoms with E-state index < -0.39 is 0 Å². The highest BCUT2D eigenvalue weighted by Gasteiger charge is 2.21. The molecule has 1 fully saturated rings. The maximum Gasteiger partial charge on any atom is 0.191 e. The first-order chi connectivity index (χ1) is 13.2. The van der Waals surface area contributed by atoms with E-state index >= 15 is 0 Å². The number of hydrogen-bond acceptors (Lipinski definition) is 4. The molecule has 1 aromatic heterocycles. The highest BCUT2D eigenvalue weighted by molar-refractivity contribution is 14.0. The van der Waals surface area contributed by atoms with Gasteiger partial charge in [0.05, 0.1) is 30.1 Å². The van der Waals surface area contributed by atoms with E-state index in [4.69, 9.17) is 10.3 Å². The molecule has 2 N–H and O–H groups in total. The number of aliphatic imine (C=N–C) groups is 1. The molecule has 0 amide bonds. The van der Waals surface area contributed by atoms with Gasteiger partial charge in [-0.25, -0.2) is 4.99 Å². The zero-order valence-electron chi connectivity index (χ0n) is 16.4. The van der Waals surface area contributed by atoms with Gasteiger partial charge in [0.1, 0.15) is 0 Å². The van der Waals surface area contributed by atoms with Gasteiger partial charge in [0.2, 0.25) is 0 Å². The predicted molar refractivity (Wildman–Crippen MR) is 123 cm³/mol. The van der Waals surface area contributed by atoms with Crippen LogP contribution in [-0.4, -0.2) is 41.4 Å². The van der Waals surface area contributed by atoms with Gasteiger partial charge in [0, 0.05) is 38.9 Å². The first kappa shape index (κ1) is 22.0. The van der Waals surface area contributed by atoms with E-state index in [1.54, 1.807) is 0 Å². The molecule has 28 heavy (non-hydrogen) atoms. The molecule has 7 nitrogen and oxygen atoms in total. The first-order valence-electron chi connectivity index (χ1n) is 9.45. The Labute approximate surface area is 183 Å². The number of aromatic nitrogens is 2.